The fraction of sp³-hybridized carbons (Fsp3) is 0.214. The van der Waals surface area contributed by atoms with Gasteiger partial charge < -0.3 is 10.0 Å². The van der Waals surface area contributed by atoms with Crippen LogP contribution in [0.4, 0.5) is 5.69 Å². The summed E-state index contributed by atoms with van der Waals surface area (Å²) in [6.07, 6.45) is 2.84. The summed E-state index contributed by atoms with van der Waals surface area (Å²) >= 11 is 0. The van der Waals surface area contributed by atoms with E-state index in [9.17, 15) is 5.11 Å². The van der Waals surface area contributed by atoms with Gasteiger partial charge in [-0.25, -0.2) is 0 Å². The minimum Gasteiger partial charge on any atom is -0.384 e. The van der Waals surface area contributed by atoms with Crippen molar-refractivity contribution in [3.63, 3.8) is 0 Å². The van der Waals surface area contributed by atoms with E-state index in [2.05, 4.69) is 65.6 Å². The molecule has 150 valence electrons. The normalized spacial score (nSPS) is 17.4. The third-order valence-corrected chi connectivity index (χ3v) is 6.31. The number of anilines is 1. The van der Waals surface area contributed by atoms with Crippen molar-refractivity contribution in [1.29, 1.82) is 0 Å². The summed E-state index contributed by atoms with van der Waals surface area (Å²) in [5, 5.41) is 13.4. The molecular formula is C28H27NO. The maximum Gasteiger partial charge on any atom is 0.104 e. The van der Waals surface area contributed by atoms with Crippen molar-refractivity contribution in [2.45, 2.75) is 31.4 Å². The molecule has 4 aromatic carbocycles. The van der Waals surface area contributed by atoms with E-state index in [0.29, 0.717) is 6.04 Å². The number of aliphatic hydroxyl groups is 1. The molecule has 1 heterocycles. The van der Waals surface area contributed by atoms with Gasteiger partial charge in [0.05, 0.1) is 0 Å². The molecule has 0 aromatic heterocycles. The molecule has 1 aliphatic heterocycles. The third kappa shape index (κ3) is 3.71. The molecule has 2 heteroatoms. The Hall–Kier alpha value is -3.10. The predicted octanol–water partition coefficient (Wildman–Crippen LogP) is 6.13. The standard InChI is InChI=1S/C28H27NO/c30-28(23-11-2-1-3-12-23)24-14-6-9-21(19-24)20-25-15-8-18-29(25)27-17-7-13-22-10-4-5-16-26(22)27/h1-7,9-14,16-17,19,25,28,30H,8,15,18,20H2. The summed E-state index contributed by atoms with van der Waals surface area (Å²) in [7, 11) is 0. The van der Waals surface area contributed by atoms with E-state index in [0.717, 1.165) is 24.1 Å². The molecule has 1 aliphatic rings. The van der Waals surface area contributed by atoms with Gasteiger partial charge in [-0.2, -0.15) is 0 Å². The summed E-state index contributed by atoms with van der Waals surface area (Å²) in [6, 6.07) is 34.1. The van der Waals surface area contributed by atoms with Crippen molar-refractivity contribution < 1.29 is 5.11 Å². The number of aliphatic hydroxyl groups excluding tert-OH is 1. The molecule has 2 atom stereocenters. The predicted molar refractivity (Wildman–Crippen MR) is 125 cm³/mol. The summed E-state index contributed by atoms with van der Waals surface area (Å²) in [4.78, 5) is 2.59. The van der Waals surface area contributed by atoms with Gasteiger partial charge in [0.1, 0.15) is 6.10 Å². The van der Waals surface area contributed by atoms with Crippen LogP contribution in [0.1, 0.15) is 35.6 Å². The highest BCUT2D eigenvalue weighted by Gasteiger charge is 2.26. The minimum atomic E-state index is -0.580. The third-order valence-electron chi connectivity index (χ3n) is 6.31. The molecule has 1 N–H and O–H groups in total. The Morgan fingerprint density at radius 2 is 1.53 bits per heavy atom. The monoisotopic (exact) mass is 393 g/mol. The quantitative estimate of drug-likeness (QED) is 0.441. The number of hydrogen-bond donors (Lipinski definition) is 1. The number of rotatable bonds is 5. The highest BCUT2D eigenvalue weighted by atomic mass is 16.3. The number of nitrogens with zero attached hydrogens (tertiary/aromatic N) is 1. The van der Waals surface area contributed by atoms with Crippen LogP contribution in [0.25, 0.3) is 10.8 Å². The van der Waals surface area contributed by atoms with Gasteiger partial charge in [0, 0.05) is 23.7 Å². The van der Waals surface area contributed by atoms with E-state index in [-0.39, 0.29) is 0 Å². The van der Waals surface area contributed by atoms with Crippen molar-refractivity contribution in [2.75, 3.05) is 11.4 Å². The first kappa shape index (κ1) is 18.9. The summed E-state index contributed by atoms with van der Waals surface area (Å²) in [5.41, 5.74) is 4.54. The van der Waals surface area contributed by atoms with Crippen molar-refractivity contribution >= 4 is 16.5 Å². The highest BCUT2D eigenvalue weighted by Crippen LogP contribution is 2.34. The van der Waals surface area contributed by atoms with Gasteiger partial charge in [0.2, 0.25) is 0 Å². The summed E-state index contributed by atoms with van der Waals surface area (Å²) in [6.45, 7) is 1.10. The number of benzene rings is 4. The fourth-order valence-corrected chi connectivity index (χ4v) is 4.81. The van der Waals surface area contributed by atoms with Crippen LogP contribution in [-0.4, -0.2) is 17.7 Å². The van der Waals surface area contributed by atoms with E-state index < -0.39 is 6.10 Å². The fourth-order valence-electron chi connectivity index (χ4n) is 4.81. The van der Waals surface area contributed by atoms with E-state index in [1.807, 2.05) is 36.4 Å². The van der Waals surface area contributed by atoms with Crippen LogP contribution in [0, 0.1) is 0 Å². The van der Waals surface area contributed by atoms with Crippen LogP contribution in [0.15, 0.2) is 97.1 Å². The molecule has 5 rings (SSSR count). The first-order valence-corrected chi connectivity index (χ1v) is 10.9. The smallest absolute Gasteiger partial charge is 0.104 e. The van der Waals surface area contributed by atoms with Gasteiger partial charge in [0.15, 0.2) is 0 Å². The van der Waals surface area contributed by atoms with E-state index >= 15 is 0 Å². The molecule has 1 fully saturated rings. The van der Waals surface area contributed by atoms with Gasteiger partial charge in [-0.05, 0) is 47.4 Å². The van der Waals surface area contributed by atoms with Crippen LogP contribution in [0.2, 0.25) is 0 Å². The lowest BCUT2D eigenvalue weighted by Crippen LogP contribution is -2.31. The van der Waals surface area contributed by atoms with E-state index in [1.54, 1.807) is 0 Å². The Bertz CT molecular complexity index is 1130. The van der Waals surface area contributed by atoms with Crippen molar-refractivity contribution in [3.8, 4) is 0 Å². The zero-order chi connectivity index (χ0) is 20.3. The molecular weight excluding hydrogens is 366 g/mol. The summed E-state index contributed by atoms with van der Waals surface area (Å²) in [5.74, 6) is 0. The van der Waals surface area contributed by atoms with Gasteiger partial charge in [-0.15, -0.1) is 0 Å². The first-order chi connectivity index (χ1) is 14.8. The molecule has 0 spiro atoms. The van der Waals surface area contributed by atoms with Crippen molar-refractivity contribution in [2.24, 2.45) is 0 Å². The van der Waals surface area contributed by atoms with E-state index in [4.69, 9.17) is 0 Å². The molecule has 4 aromatic rings. The Labute approximate surface area is 178 Å². The molecule has 2 unspecified atom stereocenters. The topological polar surface area (TPSA) is 23.5 Å². The van der Waals surface area contributed by atoms with Crippen LogP contribution in [-0.2, 0) is 6.42 Å². The Balaban J connectivity index is 1.40. The lowest BCUT2D eigenvalue weighted by Gasteiger charge is -2.28. The molecule has 30 heavy (non-hydrogen) atoms. The maximum atomic E-state index is 10.8. The lowest BCUT2D eigenvalue weighted by molar-refractivity contribution is 0.220. The lowest BCUT2D eigenvalue weighted by atomic mass is 9.96. The van der Waals surface area contributed by atoms with Crippen LogP contribution in [0.3, 0.4) is 0 Å². The minimum absolute atomic E-state index is 0.486. The molecule has 2 nitrogen and oxygen atoms in total. The van der Waals surface area contributed by atoms with Crippen molar-refractivity contribution in [3.05, 3.63) is 114 Å². The van der Waals surface area contributed by atoms with Crippen LogP contribution < -0.4 is 4.90 Å². The Morgan fingerprint density at radius 1 is 0.800 bits per heavy atom. The molecule has 1 saturated heterocycles. The first-order valence-electron chi connectivity index (χ1n) is 10.9. The van der Waals surface area contributed by atoms with Crippen molar-refractivity contribution in [1.82, 2.24) is 0 Å². The second-order valence-corrected chi connectivity index (χ2v) is 8.25. The molecule has 0 amide bonds. The van der Waals surface area contributed by atoms with Crippen LogP contribution >= 0.6 is 0 Å². The van der Waals surface area contributed by atoms with Gasteiger partial charge in [0.25, 0.3) is 0 Å². The Kier molecular flexibility index (Phi) is 5.25. The summed E-state index contributed by atoms with van der Waals surface area (Å²) < 4.78 is 0. The average molecular weight is 394 g/mol. The van der Waals surface area contributed by atoms with Gasteiger partial charge in [-0.3, -0.25) is 0 Å². The molecule has 0 bridgehead atoms. The second-order valence-electron chi connectivity index (χ2n) is 8.25. The number of fused-ring (bicyclic) bond motifs is 1. The number of hydrogen-bond acceptors (Lipinski definition) is 2. The molecule has 0 aliphatic carbocycles. The Morgan fingerprint density at radius 3 is 2.43 bits per heavy atom. The average Bonchev–Trinajstić information content (AvgIpc) is 3.27. The second kappa shape index (κ2) is 8.33. The zero-order valence-corrected chi connectivity index (χ0v) is 17.1. The van der Waals surface area contributed by atoms with Gasteiger partial charge in [-0.1, -0.05) is 91.0 Å². The largest absolute Gasteiger partial charge is 0.384 e. The van der Waals surface area contributed by atoms with Gasteiger partial charge >= 0.3 is 0 Å². The molecule has 0 saturated carbocycles. The SMILES string of the molecule is OC(c1ccccc1)c1cccc(CC2CCCN2c2cccc3ccccc23)c1. The maximum absolute atomic E-state index is 10.8. The van der Waals surface area contributed by atoms with Crippen LogP contribution in [0.5, 0.6) is 0 Å². The molecule has 0 radical (unpaired) electrons. The highest BCUT2D eigenvalue weighted by molar-refractivity contribution is 5.94. The van der Waals surface area contributed by atoms with E-state index in [1.165, 1.54) is 34.9 Å². The zero-order valence-electron chi connectivity index (χ0n) is 17.1.